The van der Waals surface area contributed by atoms with Gasteiger partial charge in [0.15, 0.2) is 0 Å². The molecule has 1 aromatic rings. The maximum absolute atomic E-state index is 10.8. The van der Waals surface area contributed by atoms with Crippen molar-refractivity contribution >= 4 is 17.8 Å². The minimum atomic E-state index is -0.376. The SMILES string of the molecule is CS/C=C\C(=C/c1ccccc1C)[N+](=O)[O-]. The summed E-state index contributed by atoms with van der Waals surface area (Å²) >= 11 is 1.44. The minimum Gasteiger partial charge on any atom is -0.258 e. The second kappa shape index (κ2) is 6.12. The number of hydrogen-bond donors (Lipinski definition) is 0. The molecule has 0 radical (unpaired) electrons. The fraction of sp³-hybridized carbons (Fsp3) is 0.167. The third-order valence-corrected chi connectivity index (χ3v) is 2.49. The fourth-order valence-corrected chi connectivity index (χ4v) is 1.48. The molecule has 0 saturated heterocycles. The van der Waals surface area contributed by atoms with Crippen molar-refractivity contribution in [2.45, 2.75) is 6.92 Å². The first-order chi connectivity index (χ1) is 7.65. The maximum atomic E-state index is 10.8. The largest absolute Gasteiger partial charge is 0.270 e. The van der Waals surface area contributed by atoms with Gasteiger partial charge in [-0.25, -0.2) is 0 Å². The molecule has 0 N–H and O–H groups in total. The van der Waals surface area contributed by atoms with Crippen LogP contribution in [0.25, 0.3) is 6.08 Å². The standard InChI is InChI=1S/C12H13NO2S/c1-10-5-3-4-6-11(10)9-12(13(14)15)7-8-16-2/h3-9H,1-2H3/b8-7-,12-9+. The molecule has 0 fully saturated rings. The Morgan fingerprint density at radius 3 is 2.69 bits per heavy atom. The summed E-state index contributed by atoms with van der Waals surface area (Å²) in [7, 11) is 0. The highest BCUT2D eigenvalue weighted by atomic mass is 32.2. The predicted molar refractivity (Wildman–Crippen MR) is 68.8 cm³/mol. The van der Waals surface area contributed by atoms with Crippen molar-refractivity contribution in [1.29, 1.82) is 0 Å². The van der Waals surface area contributed by atoms with Crippen molar-refractivity contribution in [1.82, 2.24) is 0 Å². The first kappa shape index (κ1) is 12.5. The van der Waals surface area contributed by atoms with E-state index in [1.807, 2.05) is 37.4 Å². The Bertz CT molecular complexity index is 438. The molecule has 4 heteroatoms. The average Bonchev–Trinajstić information content (AvgIpc) is 2.26. The van der Waals surface area contributed by atoms with E-state index in [-0.39, 0.29) is 10.6 Å². The zero-order valence-electron chi connectivity index (χ0n) is 9.21. The Morgan fingerprint density at radius 2 is 2.12 bits per heavy atom. The quantitative estimate of drug-likeness (QED) is 0.456. The summed E-state index contributed by atoms with van der Waals surface area (Å²) in [5.74, 6) is 0. The summed E-state index contributed by atoms with van der Waals surface area (Å²) in [4.78, 5) is 10.4. The van der Waals surface area contributed by atoms with Crippen LogP contribution in [-0.2, 0) is 0 Å². The van der Waals surface area contributed by atoms with E-state index in [1.54, 1.807) is 11.5 Å². The Labute approximate surface area is 99.0 Å². The lowest BCUT2D eigenvalue weighted by Crippen LogP contribution is -1.95. The van der Waals surface area contributed by atoms with Gasteiger partial charge in [0.2, 0.25) is 0 Å². The third kappa shape index (κ3) is 3.55. The lowest BCUT2D eigenvalue weighted by atomic mass is 10.1. The van der Waals surface area contributed by atoms with Gasteiger partial charge >= 0.3 is 0 Å². The molecule has 0 heterocycles. The molecule has 1 aromatic carbocycles. The smallest absolute Gasteiger partial charge is 0.258 e. The first-order valence-corrected chi connectivity index (χ1v) is 6.05. The number of benzene rings is 1. The van der Waals surface area contributed by atoms with Crippen LogP contribution in [0.4, 0.5) is 0 Å². The van der Waals surface area contributed by atoms with E-state index in [2.05, 4.69) is 0 Å². The van der Waals surface area contributed by atoms with Crippen LogP contribution < -0.4 is 0 Å². The zero-order chi connectivity index (χ0) is 12.0. The Morgan fingerprint density at radius 1 is 1.44 bits per heavy atom. The molecule has 0 amide bonds. The highest BCUT2D eigenvalue weighted by molar-refractivity contribution is 8.01. The Hall–Kier alpha value is -1.55. The molecule has 0 aliphatic rings. The Kier molecular flexibility index (Phi) is 4.79. The molecule has 0 saturated carbocycles. The maximum Gasteiger partial charge on any atom is 0.270 e. The Balaban J connectivity index is 3.07. The van der Waals surface area contributed by atoms with Crippen molar-refractivity contribution < 1.29 is 4.92 Å². The van der Waals surface area contributed by atoms with Crippen LogP contribution in [0.5, 0.6) is 0 Å². The van der Waals surface area contributed by atoms with Gasteiger partial charge in [-0.2, -0.15) is 0 Å². The molecule has 3 nitrogen and oxygen atoms in total. The topological polar surface area (TPSA) is 43.1 Å². The van der Waals surface area contributed by atoms with Crippen LogP contribution in [0.2, 0.25) is 0 Å². The van der Waals surface area contributed by atoms with E-state index in [0.29, 0.717) is 0 Å². The van der Waals surface area contributed by atoms with Crippen LogP contribution in [0, 0.1) is 17.0 Å². The van der Waals surface area contributed by atoms with E-state index < -0.39 is 0 Å². The second-order valence-corrected chi connectivity index (χ2v) is 3.96. The number of allylic oxidation sites excluding steroid dienone is 1. The monoisotopic (exact) mass is 235 g/mol. The summed E-state index contributed by atoms with van der Waals surface area (Å²) < 4.78 is 0. The molecule has 0 bridgehead atoms. The number of nitro groups is 1. The first-order valence-electron chi connectivity index (χ1n) is 4.76. The summed E-state index contributed by atoms with van der Waals surface area (Å²) in [5.41, 5.74) is 2.00. The number of nitrogens with zero attached hydrogens (tertiary/aromatic N) is 1. The molecule has 16 heavy (non-hydrogen) atoms. The molecule has 0 atom stereocenters. The van der Waals surface area contributed by atoms with Crippen molar-refractivity contribution in [2.24, 2.45) is 0 Å². The van der Waals surface area contributed by atoms with Gasteiger partial charge in [-0.3, -0.25) is 10.1 Å². The van der Waals surface area contributed by atoms with Crippen molar-refractivity contribution in [3.05, 3.63) is 62.7 Å². The van der Waals surface area contributed by atoms with Crippen LogP contribution in [-0.4, -0.2) is 11.2 Å². The lowest BCUT2D eigenvalue weighted by molar-refractivity contribution is -0.417. The van der Waals surface area contributed by atoms with Gasteiger partial charge in [0, 0.05) is 12.2 Å². The van der Waals surface area contributed by atoms with Crippen LogP contribution in [0.1, 0.15) is 11.1 Å². The number of thioether (sulfide) groups is 1. The third-order valence-electron chi connectivity index (χ3n) is 2.08. The van der Waals surface area contributed by atoms with E-state index >= 15 is 0 Å². The molecule has 1 rings (SSSR count). The van der Waals surface area contributed by atoms with Crippen molar-refractivity contribution in [2.75, 3.05) is 6.26 Å². The molecule has 0 aliphatic carbocycles. The molecular weight excluding hydrogens is 222 g/mol. The fourth-order valence-electron chi connectivity index (χ4n) is 1.21. The van der Waals surface area contributed by atoms with Gasteiger partial charge in [0.25, 0.3) is 5.70 Å². The van der Waals surface area contributed by atoms with Crippen molar-refractivity contribution in [3.63, 3.8) is 0 Å². The van der Waals surface area contributed by atoms with Crippen LogP contribution in [0.15, 0.2) is 41.4 Å². The van der Waals surface area contributed by atoms with E-state index in [9.17, 15) is 10.1 Å². The molecule has 0 aliphatic heterocycles. The van der Waals surface area contributed by atoms with Gasteiger partial charge in [0.05, 0.1) is 4.92 Å². The number of aryl methyl sites for hydroxylation is 1. The molecule has 0 spiro atoms. The van der Waals surface area contributed by atoms with Crippen LogP contribution >= 0.6 is 11.8 Å². The average molecular weight is 235 g/mol. The number of rotatable bonds is 4. The van der Waals surface area contributed by atoms with E-state index in [4.69, 9.17) is 0 Å². The van der Waals surface area contributed by atoms with Gasteiger partial charge in [-0.05, 0) is 29.7 Å². The summed E-state index contributed by atoms with van der Waals surface area (Å²) in [6.45, 7) is 1.93. The molecule has 0 aromatic heterocycles. The highest BCUT2D eigenvalue weighted by Gasteiger charge is 2.06. The second-order valence-electron chi connectivity index (χ2n) is 3.22. The lowest BCUT2D eigenvalue weighted by Gasteiger charge is -1.98. The summed E-state index contributed by atoms with van der Waals surface area (Å²) in [6.07, 6.45) is 4.96. The molecule has 0 unspecified atom stereocenters. The highest BCUT2D eigenvalue weighted by Crippen LogP contribution is 2.13. The van der Waals surface area contributed by atoms with Gasteiger partial charge in [-0.15, -0.1) is 11.8 Å². The number of hydrogen-bond acceptors (Lipinski definition) is 3. The predicted octanol–water partition coefficient (Wildman–Crippen LogP) is 3.49. The van der Waals surface area contributed by atoms with Gasteiger partial charge in [-0.1, -0.05) is 24.3 Å². The normalized spacial score (nSPS) is 12.0. The summed E-state index contributed by atoms with van der Waals surface area (Å²) in [6, 6.07) is 7.58. The van der Waals surface area contributed by atoms with E-state index in [0.717, 1.165) is 11.1 Å². The van der Waals surface area contributed by atoms with Gasteiger partial charge < -0.3 is 0 Å². The molecule has 84 valence electrons. The van der Waals surface area contributed by atoms with E-state index in [1.165, 1.54) is 17.8 Å². The zero-order valence-corrected chi connectivity index (χ0v) is 10.0. The minimum absolute atomic E-state index is 0.101. The summed E-state index contributed by atoms with van der Waals surface area (Å²) in [5, 5.41) is 12.5. The molecular formula is C12H13NO2S. The van der Waals surface area contributed by atoms with Crippen LogP contribution in [0.3, 0.4) is 0 Å². The van der Waals surface area contributed by atoms with Crippen molar-refractivity contribution in [3.8, 4) is 0 Å². The van der Waals surface area contributed by atoms with Gasteiger partial charge in [0.1, 0.15) is 0 Å².